The van der Waals surface area contributed by atoms with E-state index >= 15 is 0 Å². The van der Waals surface area contributed by atoms with Gasteiger partial charge in [-0.3, -0.25) is 0 Å². The second-order valence-electron chi connectivity index (χ2n) is 3.89. The van der Waals surface area contributed by atoms with Gasteiger partial charge in [-0.05, 0) is 31.5 Å². The van der Waals surface area contributed by atoms with Crippen molar-refractivity contribution in [2.75, 3.05) is 0 Å². The molecule has 1 aromatic heterocycles. The van der Waals surface area contributed by atoms with Crippen molar-refractivity contribution in [3.63, 3.8) is 0 Å². The third-order valence-electron chi connectivity index (χ3n) is 2.87. The molecule has 0 aromatic carbocycles. The van der Waals surface area contributed by atoms with E-state index < -0.39 is 15.4 Å². The predicted octanol–water partition coefficient (Wildman–Crippen LogP) is -2.63. The molecule has 90 valence electrons. The smallest absolute Gasteiger partial charge is 0.748 e. The van der Waals surface area contributed by atoms with Crippen LogP contribution in [-0.2, 0) is 10.1 Å². The fraction of sp³-hybridized carbons (Fsp3) is 0.857. The summed E-state index contributed by atoms with van der Waals surface area (Å²) in [6, 6.07) is -0.120. The molecule has 0 bridgehead atoms. The third-order valence-corrected chi connectivity index (χ3v) is 4.39. The van der Waals surface area contributed by atoms with Gasteiger partial charge in [0.25, 0.3) is 0 Å². The van der Waals surface area contributed by atoms with Gasteiger partial charge in [-0.2, -0.15) is 5.21 Å². The molecule has 10 heteroatoms. The van der Waals surface area contributed by atoms with Crippen molar-refractivity contribution in [3.05, 3.63) is 4.77 Å². The molecular formula is C7H11N4NaO3S2. The van der Waals surface area contributed by atoms with Gasteiger partial charge in [0.05, 0.1) is 21.4 Å². The number of rotatable bonds is 2. The fourth-order valence-corrected chi connectivity index (χ4v) is 3.20. The molecule has 0 radical (unpaired) electrons. The maximum atomic E-state index is 11.0. The molecule has 0 saturated heterocycles. The minimum atomic E-state index is -4.21. The maximum Gasteiger partial charge on any atom is 1.00 e. The van der Waals surface area contributed by atoms with E-state index in [4.69, 9.17) is 12.2 Å². The van der Waals surface area contributed by atoms with Crippen LogP contribution in [0.15, 0.2) is 0 Å². The van der Waals surface area contributed by atoms with Crippen molar-refractivity contribution in [2.45, 2.75) is 37.0 Å². The van der Waals surface area contributed by atoms with Gasteiger partial charge in [-0.25, -0.2) is 13.1 Å². The van der Waals surface area contributed by atoms with Crippen LogP contribution in [-0.4, -0.2) is 38.4 Å². The van der Waals surface area contributed by atoms with E-state index in [1.54, 1.807) is 4.68 Å². The molecular weight excluding hydrogens is 275 g/mol. The predicted molar refractivity (Wildman–Crippen MR) is 56.2 cm³/mol. The number of hydrogen-bond acceptors (Lipinski definition) is 6. The summed E-state index contributed by atoms with van der Waals surface area (Å²) in [7, 11) is -4.21. The first-order valence-electron chi connectivity index (χ1n) is 4.93. The Labute approximate surface area is 126 Å². The quantitative estimate of drug-likeness (QED) is 0.362. The Morgan fingerprint density at radius 3 is 2.71 bits per heavy atom. The van der Waals surface area contributed by atoms with Gasteiger partial charge in [-0.1, -0.05) is 16.7 Å². The SMILES string of the molecule is O=S(=O)([O-])C1CCCC(n2[nH]nnc2=S)C1.[Na+]. The van der Waals surface area contributed by atoms with E-state index in [1.807, 2.05) is 0 Å². The number of nitrogens with one attached hydrogen (secondary N) is 1. The molecule has 1 N–H and O–H groups in total. The molecule has 7 nitrogen and oxygen atoms in total. The van der Waals surface area contributed by atoms with E-state index in [1.165, 1.54) is 0 Å². The zero-order valence-corrected chi connectivity index (χ0v) is 13.0. The molecule has 0 aliphatic heterocycles. The largest absolute Gasteiger partial charge is 1.00 e. The molecule has 0 amide bonds. The molecule has 1 aromatic rings. The van der Waals surface area contributed by atoms with Crippen LogP contribution in [0.4, 0.5) is 0 Å². The zero-order valence-electron chi connectivity index (χ0n) is 9.37. The van der Waals surface area contributed by atoms with Gasteiger partial charge in [0.1, 0.15) is 0 Å². The first-order chi connectivity index (χ1) is 7.48. The molecule has 17 heavy (non-hydrogen) atoms. The molecule has 2 unspecified atom stereocenters. The molecule has 1 aliphatic carbocycles. The Morgan fingerprint density at radius 1 is 1.47 bits per heavy atom. The maximum absolute atomic E-state index is 11.0. The van der Waals surface area contributed by atoms with Crippen LogP contribution in [0.5, 0.6) is 0 Å². The molecule has 1 fully saturated rings. The van der Waals surface area contributed by atoms with Crippen molar-refractivity contribution in [1.29, 1.82) is 0 Å². The van der Waals surface area contributed by atoms with Crippen LogP contribution in [0, 0.1) is 4.77 Å². The van der Waals surface area contributed by atoms with E-state index in [0.29, 0.717) is 12.8 Å². The molecule has 1 aliphatic rings. The van der Waals surface area contributed by atoms with Crippen molar-refractivity contribution in [3.8, 4) is 0 Å². The van der Waals surface area contributed by atoms with Gasteiger partial charge in [0.2, 0.25) is 4.77 Å². The van der Waals surface area contributed by atoms with Crippen LogP contribution in [0.2, 0.25) is 0 Å². The molecule has 2 rings (SSSR count). The summed E-state index contributed by atoms with van der Waals surface area (Å²) in [5, 5.41) is 8.94. The summed E-state index contributed by atoms with van der Waals surface area (Å²) >= 11 is 4.93. The molecule has 2 atom stereocenters. The van der Waals surface area contributed by atoms with E-state index in [0.717, 1.165) is 6.42 Å². The van der Waals surface area contributed by atoms with Crippen LogP contribution in [0.1, 0.15) is 31.7 Å². The van der Waals surface area contributed by atoms with Gasteiger partial charge in [0.15, 0.2) is 0 Å². The second kappa shape index (κ2) is 5.89. The Balaban J connectivity index is 0.00000144. The fourth-order valence-electron chi connectivity index (χ4n) is 2.06. The number of tetrazole rings is 1. The Hall–Kier alpha value is 0.200. The Morgan fingerprint density at radius 2 is 2.18 bits per heavy atom. The third kappa shape index (κ3) is 3.58. The van der Waals surface area contributed by atoms with Crippen molar-refractivity contribution in [1.82, 2.24) is 20.2 Å². The van der Waals surface area contributed by atoms with Crippen LogP contribution >= 0.6 is 12.2 Å². The first kappa shape index (κ1) is 15.3. The van der Waals surface area contributed by atoms with Gasteiger partial charge in [0, 0.05) is 0 Å². The topological polar surface area (TPSA) is 104 Å². The number of aromatic amines is 1. The Kier molecular flexibility index (Phi) is 5.29. The monoisotopic (exact) mass is 286 g/mol. The average Bonchev–Trinajstić information content (AvgIpc) is 2.63. The summed E-state index contributed by atoms with van der Waals surface area (Å²) in [6.07, 6.45) is 2.18. The summed E-state index contributed by atoms with van der Waals surface area (Å²) < 4.78 is 34.7. The normalized spacial score (nSPS) is 25.2. The second-order valence-corrected chi connectivity index (χ2v) is 5.91. The number of aromatic nitrogens is 4. The van der Waals surface area contributed by atoms with E-state index in [2.05, 4.69) is 15.5 Å². The zero-order chi connectivity index (χ0) is 11.8. The average molecular weight is 286 g/mol. The number of H-pyrrole nitrogens is 1. The summed E-state index contributed by atoms with van der Waals surface area (Å²) in [5.74, 6) is 0. The van der Waals surface area contributed by atoms with E-state index in [9.17, 15) is 13.0 Å². The first-order valence-corrected chi connectivity index (χ1v) is 6.81. The van der Waals surface area contributed by atoms with Gasteiger partial charge >= 0.3 is 29.6 Å². The summed E-state index contributed by atoms with van der Waals surface area (Å²) in [6.45, 7) is 0. The minimum Gasteiger partial charge on any atom is -0.748 e. The molecule has 1 heterocycles. The van der Waals surface area contributed by atoms with Crippen LogP contribution < -0.4 is 29.6 Å². The van der Waals surface area contributed by atoms with Crippen molar-refractivity contribution >= 4 is 22.3 Å². The summed E-state index contributed by atoms with van der Waals surface area (Å²) in [4.78, 5) is 0. The van der Waals surface area contributed by atoms with Gasteiger partial charge < -0.3 is 4.55 Å². The molecule has 1 saturated carbocycles. The summed E-state index contributed by atoms with van der Waals surface area (Å²) in [5.41, 5.74) is 0. The number of nitrogens with zero attached hydrogens (tertiary/aromatic N) is 3. The van der Waals surface area contributed by atoms with Crippen LogP contribution in [0.25, 0.3) is 0 Å². The van der Waals surface area contributed by atoms with Crippen molar-refractivity contribution in [2.24, 2.45) is 0 Å². The molecule has 0 spiro atoms. The Bertz CT molecular complexity index is 525. The van der Waals surface area contributed by atoms with Gasteiger partial charge in [-0.15, -0.1) is 0 Å². The van der Waals surface area contributed by atoms with E-state index in [-0.39, 0.29) is 46.8 Å². The van der Waals surface area contributed by atoms with Crippen LogP contribution in [0.3, 0.4) is 0 Å². The number of hydrogen-bond donors (Lipinski definition) is 1. The standard InChI is InChI=1S/C7H12N4O3S2.Na/c12-16(13,14)6-3-1-2-5(4-6)11-7(15)8-9-10-11;/h5-6H,1-4H2,(H,8,10,15)(H,12,13,14);/q;+1/p-1. The minimum absolute atomic E-state index is 0. The van der Waals surface area contributed by atoms with Crippen molar-refractivity contribution < 1.29 is 42.5 Å².